The van der Waals surface area contributed by atoms with Crippen molar-refractivity contribution in [3.8, 4) is 0 Å². The maximum absolute atomic E-state index is 13.7. The maximum atomic E-state index is 13.7. The summed E-state index contributed by atoms with van der Waals surface area (Å²) in [5, 5.41) is 12.5. The number of amides is 1. The lowest BCUT2D eigenvalue weighted by molar-refractivity contribution is -0.137. The Balaban J connectivity index is 1.29. The number of pyridine rings is 1. The van der Waals surface area contributed by atoms with Crippen molar-refractivity contribution in [2.24, 2.45) is 5.92 Å². The summed E-state index contributed by atoms with van der Waals surface area (Å²) in [5.41, 5.74) is 4.15. The Labute approximate surface area is 192 Å². The second-order valence-corrected chi connectivity index (χ2v) is 8.57. The number of hydrogen-bond donors (Lipinski definition) is 0. The van der Waals surface area contributed by atoms with Crippen LogP contribution < -0.4 is 4.90 Å². The molecule has 1 fully saturated rings. The average molecular weight is 442 g/mol. The second-order valence-electron chi connectivity index (χ2n) is 8.57. The Hall–Kier alpha value is -3.81. The van der Waals surface area contributed by atoms with Gasteiger partial charge in [0.1, 0.15) is 12.1 Å². The minimum Gasteiger partial charge on any atom is -0.355 e. The van der Waals surface area contributed by atoms with Gasteiger partial charge in [-0.05, 0) is 54.7 Å². The Morgan fingerprint density at radius 3 is 2.70 bits per heavy atom. The van der Waals surface area contributed by atoms with Crippen molar-refractivity contribution in [3.05, 3.63) is 83.9 Å². The predicted molar refractivity (Wildman–Crippen MR) is 125 cm³/mol. The highest BCUT2D eigenvalue weighted by Gasteiger charge is 2.29. The molecule has 0 N–H and O–H groups in total. The van der Waals surface area contributed by atoms with Crippen LogP contribution in [0.4, 0.5) is 5.82 Å². The largest absolute Gasteiger partial charge is 0.355 e. The Kier molecular flexibility index (Phi) is 5.97. The zero-order valence-corrected chi connectivity index (χ0v) is 18.7. The van der Waals surface area contributed by atoms with Gasteiger partial charge in [-0.1, -0.05) is 30.3 Å². The molecule has 0 aliphatic carbocycles. The maximum Gasteiger partial charge on any atom is 0.226 e. The van der Waals surface area contributed by atoms with Gasteiger partial charge in [-0.25, -0.2) is 0 Å². The zero-order valence-electron chi connectivity index (χ0n) is 18.7. The van der Waals surface area contributed by atoms with E-state index in [1.807, 2.05) is 47.5 Å². The van der Waals surface area contributed by atoms with Crippen LogP contribution in [0.1, 0.15) is 29.5 Å². The van der Waals surface area contributed by atoms with Gasteiger partial charge in [0, 0.05) is 44.5 Å². The summed E-state index contributed by atoms with van der Waals surface area (Å²) >= 11 is 0. The molecular formula is C25H27N7O. The summed E-state index contributed by atoms with van der Waals surface area (Å²) in [6, 6.07) is 16.1. The molecule has 1 aromatic carbocycles. The van der Waals surface area contributed by atoms with Crippen LogP contribution >= 0.6 is 0 Å². The fourth-order valence-electron chi connectivity index (χ4n) is 4.42. The number of piperidine rings is 1. The van der Waals surface area contributed by atoms with Gasteiger partial charge in [0.15, 0.2) is 5.65 Å². The summed E-state index contributed by atoms with van der Waals surface area (Å²) in [6.45, 7) is 4.85. The molecule has 0 spiro atoms. The molecule has 4 aromatic rings. The van der Waals surface area contributed by atoms with E-state index in [0.29, 0.717) is 13.1 Å². The first-order chi connectivity index (χ1) is 16.2. The first-order valence-corrected chi connectivity index (χ1v) is 11.3. The number of aryl methyl sites for hydroxylation is 1. The monoisotopic (exact) mass is 441 g/mol. The Morgan fingerprint density at radius 2 is 1.91 bits per heavy atom. The van der Waals surface area contributed by atoms with Crippen LogP contribution in [0, 0.1) is 12.8 Å². The van der Waals surface area contributed by atoms with Crippen LogP contribution in [-0.4, -0.2) is 48.7 Å². The summed E-state index contributed by atoms with van der Waals surface area (Å²) in [6.07, 6.45) is 6.82. The number of rotatable bonds is 6. The molecule has 4 heterocycles. The van der Waals surface area contributed by atoms with E-state index in [-0.39, 0.29) is 11.8 Å². The van der Waals surface area contributed by atoms with Gasteiger partial charge >= 0.3 is 0 Å². The SMILES string of the molecule is Cc1ccccc1CN(Cc1cccnc1)C(=O)C1CCN(c2ccc3nncn3n2)CC1. The highest BCUT2D eigenvalue weighted by molar-refractivity contribution is 5.79. The van der Waals surface area contributed by atoms with Crippen molar-refractivity contribution in [2.75, 3.05) is 18.0 Å². The van der Waals surface area contributed by atoms with Crippen LogP contribution in [0.2, 0.25) is 0 Å². The quantitative estimate of drug-likeness (QED) is 0.457. The number of hydrogen-bond acceptors (Lipinski definition) is 6. The van der Waals surface area contributed by atoms with Crippen molar-refractivity contribution in [3.63, 3.8) is 0 Å². The van der Waals surface area contributed by atoms with E-state index >= 15 is 0 Å². The number of nitrogens with zero attached hydrogens (tertiary/aromatic N) is 7. The molecule has 1 saturated heterocycles. The number of carbonyl (C=O) groups excluding carboxylic acids is 1. The lowest BCUT2D eigenvalue weighted by Gasteiger charge is -2.35. The third-order valence-electron chi connectivity index (χ3n) is 6.35. The average Bonchev–Trinajstić information content (AvgIpc) is 3.33. The van der Waals surface area contributed by atoms with Crippen molar-refractivity contribution in [1.29, 1.82) is 0 Å². The first kappa shape index (κ1) is 21.1. The van der Waals surface area contributed by atoms with E-state index in [0.717, 1.165) is 43.0 Å². The highest BCUT2D eigenvalue weighted by atomic mass is 16.2. The molecule has 168 valence electrons. The smallest absolute Gasteiger partial charge is 0.226 e. The van der Waals surface area contributed by atoms with Crippen molar-refractivity contribution < 1.29 is 4.79 Å². The molecule has 0 bridgehead atoms. The minimum atomic E-state index is 0.000539. The van der Waals surface area contributed by atoms with Crippen molar-refractivity contribution in [2.45, 2.75) is 32.9 Å². The normalized spacial score (nSPS) is 14.5. The first-order valence-electron chi connectivity index (χ1n) is 11.3. The van der Waals surface area contributed by atoms with Gasteiger partial charge in [-0.15, -0.1) is 15.3 Å². The van der Waals surface area contributed by atoms with Gasteiger partial charge in [0.2, 0.25) is 5.91 Å². The highest BCUT2D eigenvalue weighted by Crippen LogP contribution is 2.25. The molecule has 3 aromatic heterocycles. The van der Waals surface area contributed by atoms with E-state index in [1.54, 1.807) is 17.0 Å². The van der Waals surface area contributed by atoms with Crippen molar-refractivity contribution in [1.82, 2.24) is 29.7 Å². The van der Waals surface area contributed by atoms with E-state index in [2.05, 4.69) is 44.2 Å². The van der Waals surface area contributed by atoms with Crippen LogP contribution in [0.3, 0.4) is 0 Å². The molecule has 1 aliphatic heterocycles. The van der Waals surface area contributed by atoms with Crippen LogP contribution in [0.5, 0.6) is 0 Å². The molecule has 33 heavy (non-hydrogen) atoms. The number of benzene rings is 1. The third kappa shape index (κ3) is 4.69. The number of fused-ring (bicyclic) bond motifs is 1. The summed E-state index contributed by atoms with van der Waals surface area (Å²) in [4.78, 5) is 22.1. The van der Waals surface area contributed by atoms with E-state index < -0.39 is 0 Å². The lowest BCUT2D eigenvalue weighted by Crippen LogP contribution is -2.42. The zero-order chi connectivity index (χ0) is 22.6. The summed E-state index contributed by atoms with van der Waals surface area (Å²) < 4.78 is 1.68. The fourth-order valence-corrected chi connectivity index (χ4v) is 4.42. The van der Waals surface area contributed by atoms with Gasteiger partial charge in [0.25, 0.3) is 0 Å². The van der Waals surface area contributed by atoms with Crippen molar-refractivity contribution >= 4 is 17.4 Å². The number of aromatic nitrogens is 5. The Morgan fingerprint density at radius 1 is 1.06 bits per heavy atom. The van der Waals surface area contributed by atoms with Crippen LogP contribution in [0.25, 0.3) is 5.65 Å². The molecule has 8 nitrogen and oxygen atoms in total. The van der Waals surface area contributed by atoms with E-state index in [1.165, 1.54) is 11.1 Å². The standard InChI is InChI=1S/C25H27N7O/c1-19-5-2-3-7-22(19)17-31(16-20-6-4-12-26-15-20)25(33)21-10-13-30(14-11-21)24-9-8-23-28-27-18-32(23)29-24/h2-9,12,15,18,21H,10-11,13-14,16-17H2,1H3. The topological polar surface area (TPSA) is 79.5 Å². The molecule has 1 amide bonds. The van der Waals surface area contributed by atoms with Gasteiger partial charge in [-0.2, -0.15) is 4.52 Å². The fraction of sp³-hybridized carbons (Fsp3) is 0.320. The van der Waals surface area contributed by atoms with Crippen LogP contribution in [-0.2, 0) is 17.9 Å². The molecule has 5 rings (SSSR count). The van der Waals surface area contributed by atoms with E-state index in [4.69, 9.17) is 0 Å². The van der Waals surface area contributed by atoms with E-state index in [9.17, 15) is 4.79 Å². The number of carbonyl (C=O) groups is 1. The summed E-state index contributed by atoms with van der Waals surface area (Å²) in [5.74, 6) is 1.10. The molecule has 8 heteroatoms. The van der Waals surface area contributed by atoms with Gasteiger partial charge < -0.3 is 9.80 Å². The number of anilines is 1. The third-order valence-corrected chi connectivity index (χ3v) is 6.35. The minimum absolute atomic E-state index is 0.000539. The Bertz CT molecular complexity index is 1230. The molecular weight excluding hydrogens is 414 g/mol. The second kappa shape index (κ2) is 9.36. The predicted octanol–water partition coefficient (Wildman–Crippen LogP) is 3.27. The summed E-state index contributed by atoms with van der Waals surface area (Å²) in [7, 11) is 0. The molecule has 1 aliphatic rings. The molecule has 0 unspecified atom stereocenters. The lowest BCUT2D eigenvalue weighted by atomic mass is 9.94. The van der Waals surface area contributed by atoms with Gasteiger partial charge in [0.05, 0.1) is 0 Å². The molecule has 0 radical (unpaired) electrons. The molecule has 0 saturated carbocycles. The molecule has 0 atom stereocenters. The van der Waals surface area contributed by atoms with Crippen LogP contribution in [0.15, 0.2) is 67.3 Å². The van der Waals surface area contributed by atoms with Gasteiger partial charge in [-0.3, -0.25) is 9.78 Å².